The van der Waals surface area contributed by atoms with Gasteiger partial charge in [-0.15, -0.1) is 21.5 Å². The van der Waals surface area contributed by atoms with E-state index in [9.17, 15) is 4.79 Å². The summed E-state index contributed by atoms with van der Waals surface area (Å²) in [5.74, 6) is 1.90. The number of fused-ring (bicyclic) bond motifs is 1. The molecule has 7 nitrogen and oxygen atoms in total. The Bertz CT molecular complexity index is 1130. The van der Waals surface area contributed by atoms with Gasteiger partial charge in [0.05, 0.1) is 6.04 Å². The minimum atomic E-state index is 0.0402. The molecule has 0 saturated carbocycles. The van der Waals surface area contributed by atoms with Crippen LogP contribution < -0.4 is 5.32 Å². The van der Waals surface area contributed by atoms with Crippen molar-refractivity contribution >= 4 is 17.4 Å². The minimum Gasteiger partial charge on any atom is -0.336 e. The number of benzene rings is 1. The van der Waals surface area contributed by atoms with Gasteiger partial charge < -0.3 is 14.8 Å². The number of piperidine rings is 1. The van der Waals surface area contributed by atoms with Crippen molar-refractivity contribution in [1.29, 1.82) is 0 Å². The molecule has 1 unspecified atom stereocenters. The maximum Gasteiger partial charge on any atom is 0.317 e. The van der Waals surface area contributed by atoms with Gasteiger partial charge in [0.15, 0.2) is 0 Å². The molecule has 2 aliphatic rings. The van der Waals surface area contributed by atoms with E-state index in [1.54, 1.807) is 6.33 Å². The summed E-state index contributed by atoms with van der Waals surface area (Å²) in [7, 11) is 1.99. The van der Waals surface area contributed by atoms with Crippen LogP contribution in [0.3, 0.4) is 0 Å². The molecule has 0 spiro atoms. The number of aryl methyl sites for hydroxylation is 1. The fourth-order valence-electron chi connectivity index (χ4n) is 5.40. The normalized spacial score (nSPS) is 18.0. The van der Waals surface area contributed by atoms with Gasteiger partial charge in [0, 0.05) is 50.6 Å². The lowest BCUT2D eigenvalue weighted by Gasteiger charge is -2.36. The number of carbonyl (C=O) groups excluding carboxylic acids is 1. The van der Waals surface area contributed by atoms with E-state index < -0.39 is 0 Å². The van der Waals surface area contributed by atoms with Crippen LogP contribution in [0.4, 0.5) is 4.79 Å². The van der Waals surface area contributed by atoms with E-state index in [1.807, 2.05) is 27.9 Å². The van der Waals surface area contributed by atoms with E-state index >= 15 is 0 Å². The van der Waals surface area contributed by atoms with Crippen LogP contribution in [0, 0.1) is 0 Å². The van der Waals surface area contributed by atoms with Crippen molar-refractivity contribution in [3.8, 4) is 0 Å². The zero-order chi connectivity index (χ0) is 24.4. The van der Waals surface area contributed by atoms with E-state index in [2.05, 4.69) is 70.0 Å². The predicted molar refractivity (Wildman–Crippen MR) is 140 cm³/mol. The second-order valence-corrected chi connectivity index (χ2v) is 11.2. The van der Waals surface area contributed by atoms with Crippen molar-refractivity contribution in [2.24, 2.45) is 7.05 Å². The van der Waals surface area contributed by atoms with Gasteiger partial charge in [-0.2, -0.15) is 0 Å². The summed E-state index contributed by atoms with van der Waals surface area (Å²) in [6, 6.07) is 11.4. The van der Waals surface area contributed by atoms with Crippen LogP contribution >= 0.6 is 11.3 Å². The van der Waals surface area contributed by atoms with Gasteiger partial charge >= 0.3 is 6.03 Å². The second kappa shape index (κ2) is 10.5. The average molecular weight is 493 g/mol. The Hall–Kier alpha value is -2.71. The zero-order valence-corrected chi connectivity index (χ0v) is 21.8. The Labute approximate surface area is 212 Å². The van der Waals surface area contributed by atoms with Crippen molar-refractivity contribution in [3.63, 3.8) is 0 Å². The van der Waals surface area contributed by atoms with Gasteiger partial charge in [-0.05, 0) is 53.3 Å². The molecule has 0 bridgehead atoms. The van der Waals surface area contributed by atoms with Crippen LogP contribution in [0.5, 0.6) is 0 Å². The van der Waals surface area contributed by atoms with Crippen LogP contribution in [0.2, 0.25) is 0 Å². The van der Waals surface area contributed by atoms with Crippen LogP contribution in [-0.2, 0) is 20.0 Å². The third-order valence-corrected chi connectivity index (χ3v) is 8.63. The Kier molecular flexibility index (Phi) is 7.20. The molecule has 1 fully saturated rings. The van der Waals surface area contributed by atoms with Crippen LogP contribution in [0.1, 0.15) is 72.0 Å². The highest BCUT2D eigenvalue weighted by Gasteiger charge is 2.29. The smallest absolute Gasteiger partial charge is 0.317 e. The zero-order valence-electron chi connectivity index (χ0n) is 21.0. The molecule has 1 saturated heterocycles. The first-order valence-corrected chi connectivity index (χ1v) is 13.6. The van der Waals surface area contributed by atoms with Gasteiger partial charge in [-0.1, -0.05) is 38.1 Å². The van der Waals surface area contributed by atoms with Gasteiger partial charge in [0.2, 0.25) is 0 Å². The highest BCUT2D eigenvalue weighted by molar-refractivity contribution is 7.10. The molecule has 35 heavy (non-hydrogen) atoms. The van der Waals surface area contributed by atoms with Crippen molar-refractivity contribution in [2.75, 3.05) is 26.2 Å². The predicted octanol–water partition coefficient (Wildman–Crippen LogP) is 4.69. The summed E-state index contributed by atoms with van der Waals surface area (Å²) < 4.78 is 1.99. The van der Waals surface area contributed by atoms with Gasteiger partial charge in [-0.3, -0.25) is 4.90 Å². The fraction of sp³-hybridized carbons (Fsp3) is 0.519. The molecule has 1 aromatic carbocycles. The lowest BCUT2D eigenvalue weighted by Crippen LogP contribution is -2.47. The molecule has 3 aromatic rings. The van der Waals surface area contributed by atoms with E-state index in [0.29, 0.717) is 18.4 Å². The fourth-order valence-corrected chi connectivity index (χ4v) is 6.29. The molecule has 0 aliphatic carbocycles. The summed E-state index contributed by atoms with van der Waals surface area (Å²) in [4.78, 5) is 19.1. The second-order valence-electron chi connectivity index (χ2n) is 10.2. The van der Waals surface area contributed by atoms with Crippen molar-refractivity contribution in [1.82, 2.24) is 29.9 Å². The molecule has 2 aliphatic heterocycles. The number of amides is 2. The molecule has 4 heterocycles. The summed E-state index contributed by atoms with van der Waals surface area (Å²) in [5.41, 5.74) is 4.05. The molecule has 0 radical (unpaired) electrons. The summed E-state index contributed by atoms with van der Waals surface area (Å²) in [6.45, 7) is 8.52. The number of nitrogens with zero attached hydrogens (tertiary/aromatic N) is 5. The third kappa shape index (κ3) is 5.28. The number of urea groups is 1. The average Bonchev–Trinajstić information content (AvgIpc) is 3.53. The van der Waals surface area contributed by atoms with E-state index in [-0.39, 0.29) is 12.1 Å². The Morgan fingerprint density at radius 3 is 2.54 bits per heavy atom. The molecule has 1 atom stereocenters. The van der Waals surface area contributed by atoms with Crippen LogP contribution in [-0.4, -0.2) is 56.8 Å². The molecule has 2 amide bonds. The largest absolute Gasteiger partial charge is 0.336 e. The maximum atomic E-state index is 13.1. The lowest BCUT2D eigenvalue weighted by molar-refractivity contribution is 0.159. The van der Waals surface area contributed by atoms with Crippen LogP contribution in [0.25, 0.3) is 0 Å². The van der Waals surface area contributed by atoms with Crippen molar-refractivity contribution in [2.45, 2.75) is 57.5 Å². The topological polar surface area (TPSA) is 66.3 Å². The first-order valence-electron chi connectivity index (χ1n) is 12.8. The molecule has 2 aromatic heterocycles. The molecular weight excluding hydrogens is 456 g/mol. The Morgan fingerprint density at radius 1 is 1.11 bits per heavy atom. The highest BCUT2D eigenvalue weighted by atomic mass is 32.1. The van der Waals surface area contributed by atoms with E-state index in [4.69, 9.17) is 0 Å². The molecule has 5 rings (SSSR count). The number of hydrogen-bond acceptors (Lipinski definition) is 5. The maximum absolute atomic E-state index is 13.1. The minimum absolute atomic E-state index is 0.0402. The van der Waals surface area contributed by atoms with Crippen molar-refractivity contribution < 1.29 is 4.79 Å². The number of likely N-dealkylation sites (tertiary alicyclic amines) is 1. The quantitative estimate of drug-likeness (QED) is 0.542. The van der Waals surface area contributed by atoms with Gasteiger partial charge in [-0.25, -0.2) is 4.79 Å². The van der Waals surface area contributed by atoms with Gasteiger partial charge in [0.25, 0.3) is 0 Å². The SMILES string of the molecule is CC(C)c1ccc(C(CNC(=O)N2CCC(c3nncn3C)CC2)N2CCc3sccc3C2)cc1. The van der Waals surface area contributed by atoms with Crippen LogP contribution in [0.15, 0.2) is 42.0 Å². The monoisotopic (exact) mass is 492 g/mol. The molecule has 8 heteroatoms. The standard InChI is InChI=1S/C27H36N6OS/c1-19(2)20-4-6-21(7-5-20)24(33-14-10-25-23(17-33)11-15-35-25)16-28-27(34)32-12-8-22(9-13-32)26-30-29-18-31(26)3/h4-7,11,15,18-19,22,24H,8-10,12-14,16-17H2,1-3H3,(H,28,34). The number of thiophene rings is 1. The Balaban J connectivity index is 1.24. The summed E-state index contributed by atoms with van der Waals surface area (Å²) in [5, 5.41) is 13.8. The highest BCUT2D eigenvalue weighted by Crippen LogP contribution is 2.31. The lowest BCUT2D eigenvalue weighted by atomic mass is 9.96. The summed E-state index contributed by atoms with van der Waals surface area (Å²) >= 11 is 1.86. The first kappa shape index (κ1) is 24.0. The van der Waals surface area contributed by atoms with E-state index in [1.165, 1.54) is 21.6 Å². The van der Waals surface area contributed by atoms with Crippen molar-refractivity contribution in [3.05, 3.63) is 69.4 Å². The van der Waals surface area contributed by atoms with Gasteiger partial charge in [0.1, 0.15) is 12.2 Å². The third-order valence-electron chi connectivity index (χ3n) is 7.61. The summed E-state index contributed by atoms with van der Waals surface area (Å²) in [6.07, 6.45) is 4.68. The number of hydrogen-bond donors (Lipinski definition) is 1. The number of aromatic nitrogens is 3. The first-order chi connectivity index (χ1) is 17.0. The molecular formula is C27H36N6OS. The molecule has 186 valence electrons. The number of nitrogens with one attached hydrogen (secondary N) is 1. The van der Waals surface area contributed by atoms with E-state index in [0.717, 1.165) is 51.3 Å². The number of carbonyl (C=O) groups is 1. The molecule has 1 N–H and O–H groups in total. The Morgan fingerprint density at radius 2 is 1.86 bits per heavy atom. The number of rotatable bonds is 6.